The lowest BCUT2D eigenvalue weighted by molar-refractivity contribution is -0.384. The highest BCUT2D eigenvalue weighted by atomic mass is 19.4. The number of benzene rings is 2. The van der Waals surface area contributed by atoms with E-state index in [1.165, 1.54) is 0 Å². The normalized spacial score (nSPS) is 11.4. The number of carbonyl (C=O) groups is 1. The molecule has 0 radical (unpaired) electrons. The summed E-state index contributed by atoms with van der Waals surface area (Å²) in [5.74, 6) is -0.516. The standard InChI is InChI=1S/C20H18F3N5O4/c1-12-14-4-2-3-5-15(14)19(30)27(26-12)11-18(29)25-9-8-24-16-7-6-13(20(21,22)23)10-17(16)28(31)32/h2-7,10,24H,8-9,11H2,1H3,(H,25,29). The van der Waals surface area contributed by atoms with E-state index in [0.717, 1.165) is 16.8 Å². The van der Waals surface area contributed by atoms with Crippen LogP contribution in [0, 0.1) is 17.0 Å². The maximum absolute atomic E-state index is 12.8. The van der Waals surface area contributed by atoms with E-state index in [9.17, 15) is 32.9 Å². The fraction of sp³-hybridized carbons (Fsp3) is 0.250. The average molecular weight is 449 g/mol. The SMILES string of the molecule is Cc1nn(CC(=O)NCCNc2ccc(C(F)(F)F)cc2[N+](=O)[O-])c(=O)c2ccccc12. The number of anilines is 1. The molecule has 0 unspecified atom stereocenters. The van der Waals surface area contributed by atoms with Crippen LogP contribution in [0.1, 0.15) is 11.3 Å². The Labute approximate surface area is 179 Å². The number of nitrogens with zero attached hydrogens (tertiary/aromatic N) is 3. The van der Waals surface area contributed by atoms with Crippen LogP contribution in [0.2, 0.25) is 0 Å². The Morgan fingerprint density at radius 3 is 2.50 bits per heavy atom. The molecule has 0 saturated heterocycles. The molecule has 3 rings (SSSR count). The summed E-state index contributed by atoms with van der Waals surface area (Å²) in [6.07, 6.45) is -4.70. The molecule has 0 aliphatic heterocycles. The highest BCUT2D eigenvalue weighted by Gasteiger charge is 2.33. The number of fused-ring (bicyclic) bond motifs is 1. The maximum Gasteiger partial charge on any atom is 0.416 e. The van der Waals surface area contributed by atoms with Crippen molar-refractivity contribution in [3.63, 3.8) is 0 Å². The fourth-order valence-corrected chi connectivity index (χ4v) is 3.11. The molecule has 0 spiro atoms. The molecule has 0 saturated carbocycles. The van der Waals surface area contributed by atoms with Crippen LogP contribution in [-0.4, -0.2) is 33.7 Å². The molecule has 1 heterocycles. The van der Waals surface area contributed by atoms with Crippen LogP contribution in [0.3, 0.4) is 0 Å². The molecule has 0 fully saturated rings. The lowest BCUT2D eigenvalue weighted by atomic mass is 10.1. The lowest BCUT2D eigenvalue weighted by Crippen LogP contribution is -2.36. The third-order valence-electron chi connectivity index (χ3n) is 4.63. The number of nitro groups is 1. The number of nitro benzene ring substituents is 1. The minimum Gasteiger partial charge on any atom is -0.378 e. The van der Waals surface area contributed by atoms with Gasteiger partial charge in [0.15, 0.2) is 0 Å². The van der Waals surface area contributed by atoms with Gasteiger partial charge in [0.25, 0.3) is 11.2 Å². The number of amides is 1. The van der Waals surface area contributed by atoms with E-state index in [4.69, 9.17) is 0 Å². The summed E-state index contributed by atoms with van der Waals surface area (Å²) in [7, 11) is 0. The molecule has 2 N–H and O–H groups in total. The van der Waals surface area contributed by atoms with E-state index >= 15 is 0 Å². The van der Waals surface area contributed by atoms with Crippen molar-refractivity contribution in [1.82, 2.24) is 15.1 Å². The molecule has 0 bridgehead atoms. The summed E-state index contributed by atoms with van der Waals surface area (Å²) in [6, 6.07) is 9.03. The number of aromatic nitrogens is 2. The van der Waals surface area contributed by atoms with Gasteiger partial charge < -0.3 is 10.6 Å². The quantitative estimate of drug-likeness (QED) is 0.325. The number of hydrogen-bond donors (Lipinski definition) is 2. The summed E-state index contributed by atoms with van der Waals surface area (Å²) in [6.45, 7) is 1.41. The van der Waals surface area contributed by atoms with Gasteiger partial charge in [-0.1, -0.05) is 18.2 Å². The zero-order chi connectivity index (χ0) is 23.5. The second kappa shape index (κ2) is 9.04. The maximum atomic E-state index is 12.8. The molecule has 168 valence electrons. The van der Waals surface area contributed by atoms with Gasteiger partial charge in [-0.25, -0.2) is 4.68 Å². The number of alkyl halides is 3. The molecular weight excluding hydrogens is 431 g/mol. The van der Waals surface area contributed by atoms with Crippen LogP contribution in [0.25, 0.3) is 10.8 Å². The smallest absolute Gasteiger partial charge is 0.378 e. The Kier molecular flexibility index (Phi) is 6.42. The number of rotatable bonds is 7. The van der Waals surface area contributed by atoms with Gasteiger partial charge >= 0.3 is 6.18 Å². The zero-order valence-electron chi connectivity index (χ0n) is 16.8. The predicted octanol–water partition coefficient (Wildman–Crippen LogP) is 2.86. The minimum absolute atomic E-state index is 0.0109. The molecule has 1 aromatic heterocycles. The van der Waals surface area contributed by atoms with E-state index in [2.05, 4.69) is 15.7 Å². The first-order valence-electron chi connectivity index (χ1n) is 9.40. The molecular formula is C20H18F3N5O4. The van der Waals surface area contributed by atoms with E-state index in [1.807, 2.05) is 0 Å². The Bertz CT molecular complexity index is 1240. The number of nitrogens with one attached hydrogen (secondary N) is 2. The van der Waals surface area contributed by atoms with Crippen LogP contribution in [0.15, 0.2) is 47.3 Å². The molecule has 0 aliphatic carbocycles. The molecule has 0 aliphatic rings. The van der Waals surface area contributed by atoms with Crippen LogP contribution >= 0.6 is 0 Å². The molecule has 3 aromatic rings. The van der Waals surface area contributed by atoms with Crippen molar-refractivity contribution in [2.24, 2.45) is 0 Å². The summed E-state index contributed by atoms with van der Waals surface area (Å²) in [5.41, 5.74) is -1.80. The van der Waals surface area contributed by atoms with Crippen LogP contribution in [0.4, 0.5) is 24.5 Å². The first kappa shape index (κ1) is 22.7. The summed E-state index contributed by atoms with van der Waals surface area (Å²) in [5, 5.41) is 21.5. The van der Waals surface area contributed by atoms with Crippen molar-refractivity contribution in [2.45, 2.75) is 19.6 Å². The second-order valence-corrected chi connectivity index (χ2v) is 6.86. The monoisotopic (exact) mass is 449 g/mol. The summed E-state index contributed by atoms with van der Waals surface area (Å²) in [4.78, 5) is 34.8. The topological polar surface area (TPSA) is 119 Å². The third-order valence-corrected chi connectivity index (χ3v) is 4.63. The minimum atomic E-state index is -4.70. The molecule has 12 heteroatoms. The number of hydrogen-bond acceptors (Lipinski definition) is 6. The van der Waals surface area contributed by atoms with Crippen molar-refractivity contribution in [3.05, 3.63) is 74.2 Å². The largest absolute Gasteiger partial charge is 0.416 e. The highest BCUT2D eigenvalue weighted by molar-refractivity contribution is 5.83. The Morgan fingerprint density at radius 1 is 1.16 bits per heavy atom. The van der Waals surface area contributed by atoms with Crippen molar-refractivity contribution >= 4 is 28.1 Å². The first-order chi connectivity index (χ1) is 15.1. The van der Waals surface area contributed by atoms with E-state index in [0.29, 0.717) is 22.5 Å². The van der Waals surface area contributed by atoms with E-state index in [1.54, 1.807) is 31.2 Å². The van der Waals surface area contributed by atoms with Gasteiger partial charge in [0.05, 0.1) is 21.6 Å². The lowest BCUT2D eigenvalue weighted by Gasteiger charge is -2.12. The van der Waals surface area contributed by atoms with Crippen LogP contribution < -0.4 is 16.2 Å². The Balaban J connectivity index is 1.61. The number of carbonyl (C=O) groups excluding carboxylic acids is 1. The zero-order valence-corrected chi connectivity index (χ0v) is 16.8. The van der Waals surface area contributed by atoms with Gasteiger partial charge in [-0.05, 0) is 25.1 Å². The van der Waals surface area contributed by atoms with E-state index < -0.39 is 33.8 Å². The van der Waals surface area contributed by atoms with Gasteiger partial charge in [0, 0.05) is 24.5 Å². The van der Waals surface area contributed by atoms with Crippen molar-refractivity contribution in [3.8, 4) is 0 Å². The van der Waals surface area contributed by atoms with Crippen LogP contribution in [-0.2, 0) is 17.5 Å². The van der Waals surface area contributed by atoms with Gasteiger partial charge in [0.2, 0.25) is 5.91 Å². The fourth-order valence-electron chi connectivity index (χ4n) is 3.11. The Morgan fingerprint density at radius 2 is 1.84 bits per heavy atom. The first-order valence-corrected chi connectivity index (χ1v) is 9.40. The van der Waals surface area contributed by atoms with Crippen molar-refractivity contribution < 1.29 is 22.9 Å². The van der Waals surface area contributed by atoms with Gasteiger partial charge in [0.1, 0.15) is 12.2 Å². The number of aryl methyl sites for hydroxylation is 1. The summed E-state index contributed by atoms with van der Waals surface area (Å²) < 4.78 is 39.3. The third kappa shape index (κ3) is 5.02. The molecule has 0 atom stereocenters. The van der Waals surface area contributed by atoms with Crippen LogP contribution in [0.5, 0.6) is 0 Å². The predicted molar refractivity (Wildman–Crippen MR) is 110 cm³/mol. The molecule has 9 nitrogen and oxygen atoms in total. The molecule has 32 heavy (non-hydrogen) atoms. The van der Waals surface area contributed by atoms with Gasteiger partial charge in [-0.2, -0.15) is 18.3 Å². The Hall–Kier alpha value is -3.96. The van der Waals surface area contributed by atoms with Gasteiger partial charge in [-0.3, -0.25) is 19.7 Å². The second-order valence-electron chi connectivity index (χ2n) is 6.86. The van der Waals surface area contributed by atoms with Crippen molar-refractivity contribution in [2.75, 3.05) is 18.4 Å². The summed E-state index contributed by atoms with van der Waals surface area (Å²) >= 11 is 0. The average Bonchev–Trinajstić information content (AvgIpc) is 2.74. The van der Waals surface area contributed by atoms with Gasteiger partial charge in [-0.15, -0.1) is 0 Å². The molecule has 2 aromatic carbocycles. The van der Waals surface area contributed by atoms with Crippen molar-refractivity contribution in [1.29, 1.82) is 0 Å². The van der Waals surface area contributed by atoms with E-state index in [-0.39, 0.29) is 25.3 Å². The molecule has 1 amide bonds. The number of halogens is 3. The highest BCUT2D eigenvalue weighted by Crippen LogP contribution is 2.34.